The van der Waals surface area contributed by atoms with Crippen LogP contribution in [0.15, 0.2) is 6.20 Å². The van der Waals surface area contributed by atoms with Crippen molar-refractivity contribution in [2.45, 2.75) is 13.3 Å². The fourth-order valence-electron chi connectivity index (χ4n) is 1.07. The van der Waals surface area contributed by atoms with Crippen LogP contribution in [0.1, 0.15) is 22.8 Å². The normalized spacial score (nSPS) is 10.0. The first kappa shape index (κ1) is 9.80. The highest BCUT2D eigenvalue weighted by Gasteiger charge is 2.15. The Labute approximate surface area is 80.3 Å². The van der Waals surface area contributed by atoms with Crippen molar-refractivity contribution >= 4 is 23.3 Å². The number of hydrogen-bond donors (Lipinski definition) is 2. The van der Waals surface area contributed by atoms with E-state index >= 15 is 0 Å². The number of rotatable bonds is 2. The number of aryl methyl sites for hydroxylation is 1. The van der Waals surface area contributed by atoms with E-state index in [9.17, 15) is 4.79 Å². The van der Waals surface area contributed by atoms with Crippen LogP contribution in [0.3, 0.4) is 0 Å². The second-order valence-electron chi connectivity index (χ2n) is 2.52. The Morgan fingerprint density at radius 3 is 2.85 bits per heavy atom. The Morgan fingerprint density at radius 1 is 1.77 bits per heavy atom. The Kier molecular flexibility index (Phi) is 2.72. The summed E-state index contributed by atoms with van der Waals surface area (Å²) in [5.41, 5.74) is 6.17. The lowest BCUT2D eigenvalue weighted by molar-refractivity contribution is 0.0697. The Hall–Kier alpha value is -1.29. The van der Waals surface area contributed by atoms with Gasteiger partial charge in [0.15, 0.2) is 5.15 Å². The average molecular weight is 201 g/mol. The van der Waals surface area contributed by atoms with Gasteiger partial charge in [-0.25, -0.2) is 9.78 Å². The third-order valence-corrected chi connectivity index (χ3v) is 2.04. The van der Waals surface area contributed by atoms with Crippen LogP contribution in [0, 0.1) is 0 Å². The van der Waals surface area contributed by atoms with Crippen LogP contribution in [0.5, 0.6) is 0 Å². The van der Waals surface area contributed by atoms with Crippen LogP contribution in [0.2, 0.25) is 5.15 Å². The largest absolute Gasteiger partial charge is 0.478 e. The zero-order valence-electron chi connectivity index (χ0n) is 7.04. The number of nitrogens with two attached hydrogens (primary N) is 1. The van der Waals surface area contributed by atoms with Gasteiger partial charge in [0, 0.05) is 6.20 Å². The highest BCUT2D eigenvalue weighted by molar-refractivity contribution is 6.32. The smallest absolute Gasteiger partial charge is 0.338 e. The fraction of sp³-hybridized carbons (Fsp3) is 0.250. The summed E-state index contributed by atoms with van der Waals surface area (Å²) in [4.78, 5) is 14.6. The minimum Gasteiger partial charge on any atom is -0.478 e. The summed E-state index contributed by atoms with van der Waals surface area (Å²) in [5, 5.41) is 8.87. The number of nitrogen functional groups attached to an aromatic ring is 1. The summed E-state index contributed by atoms with van der Waals surface area (Å²) >= 11 is 5.59. The van der Waals surface area contributed by atoms with Crippen molar-refractivity contribution in [3.05, 3.63) is 22.5 Å². The highest BCUT2D eigenvalue weighted by atomic mass is 35.5. The molecule has 1 heterocycles. The molecule has 13 heavy (non-hydrogen) atoms. The summed E-state index contributed by atoms with van der Waals surface area (Å²) in [6, 6.07) is 0. The van der Waals surface area contributed by atoms with E-state index in [0.29, 0.717) is 12.0 Å². The van der Waals surface area contributed by atoms with E-state index in [4.69, 9.17) is 22.4 Å². The minimum atomic E-state index is -1.07. The van der Waals surface area contributed by atoms with Gasteiger partial charge in [0.05, 0.1) is 11.3 Å². The third-order valence-electron chi connectivity index (χ3n) is 1.74. The van der Waals surface area contributed by atoms with Crippen LogP contribution >= 0.6 is 11.6 Å². The summed E-state index contributed by atoms with van der Waals surface area (Å²) in [6.45, 7) is 1.83. The fourth-order valence-corrected chi connectivity index (χ4v) is 1.21. The number of anilines is 1. The van der Waals surface area contributed by atoms with Crippen molar-refractivity contribution in [2.24, 2.45) is 0 Å². The van der Waals surface area contributed by atoms with Crippen LogP contribution in [0.25, 0.3) is 0 Å². The van der Waals surface area contributed by atoms with E-state index in [1.54, 1.807) is 0 Å². The van der Waals surface area contributed by atoms with Crippen LogP contribution < -0.4 is 5.73 Å². The molecule has 0 aliphatic heterocycles. The molecule has 5 heteroatoms. The maximum atomic E-state index is 10.8. The average Bonchev–Trinajstić information content (AvgIpc) is 2.08. The molecule has 0 saturated carbocycles. The van der Waals surface area contributed by atoms with Gasteiger partial charge >= 0.3 is 5.97 Å². The van der Waals surface area contributed by atoms with E-state index in [1.165, 1.54) is 6.20 Å². The first-order valence-electron chi connectivity index (χ1n) is 3.74. The van der Waals surface area contributed by atoms with Crippen molar-refractivity contribution in [3.63, 3.8) is 0 Å². The first-order chi connectivity index (χ1) is 6.07. The number of aromatic nitrogens is 1. The monoisotopic (exact) mass is 200 g/mol. The summed E-state index contributed by atoms with van der Waals surface area (Å²) in [6.07, 6.45) is 2.00. The quantitative estimate of drug-likeness (QED) is 0.711. The molecule has 0 unspecified atom stereocenters. The van der Waals surface area contributed by atoms with Crippen molar-refractivity contribution in [1.82, 2.24) is 4.98 Å². The zero-order chi connectivity index (χ0) is 10.0. The predicted molar refractivity (Wildman–Crippen MR) is 50.0 cm³/mol. The van der Waals surface area contributed by atoms with Crippen LogP contribution in [-0.2, 0) is 6.42 Å². The Bertz CT molecular complexity index is 352. The molecule has 70 valence electrons. The molecular weight excluding hydrogens is 192 g/mol. The molecule has 0 aromatic carbocycles. The molecule has 0 aliphatic carbocycles. The predicted octanol–water partition coefficient (Wildman–Crippen LogP) is 1.58. The second-order valence-corrected chi connectivity index (χ2v) is 2.88. The van der Waals surface area contributed by atoms with Crippen molar-refractivity contribution in [1.29, 1.82) is 0 Å². The van der Waals surface area contributed by atoms with E-state index in [0.717, 1.165) is 0 Å². The molecule has 0 amide bonds. The molecule has 0 bridgehead atoms. The number of carbonyl (C=O) groups is 1. The molecule has 0 saturated heterocycles. The standard InChI is InChI=1S/C8H9ClN2O2/c1-2-4-3-11-7(9)6(10)5(4)8(12)13/h3H,2,10H2,1H3,(H,12,13). The van der Waals surface area contributed by atoms with Crippen molar-refractivity contribution < 1.29 is 9.90 Å². The van der Waals surface area contributed by atoms with Gasteiger partial charge in [-0.05, 0) is 12.0 Å². The summed E-state index contributed by atoms with van der Waals surface area (Å²) in [7, 11) is 0. The van der Waals surface area contributed by atoms with Gasteiger partial charge in [-0.3, -0.25) is 0 Å². The van der Waals surface area contributed by atoms with E-state index in [2.05, 4.69) is 4.98 Å². The number of carboxylic acid groups (broad SMARTS) is 1. The zero-order valence-corrected chi connectivity index (χ0v) is 7.80. The van der Waals surface area contributed by atoms with E-state index < -0.39 is 5.97 Å². The third kappa shape index (κ3) is 1.72. The Balaban J connectivity index is 3.41. The van der Waals surface area contributed by atoms with Crippen molar-refractivity contribution in [3.8, 4) is 0 Å². The topological polar surface area (TPSA) is 76.2 Å². The van der Waals surface area contributed by atoms with E-state index in [1.807, 2.05) is 6.92 Å². The van der Waals surface area contributed by atoms with Gasteiger partial charge in [-0.2, -0.15) is 0 Å². The number of nitrogens with zero attached hydrogens (tertiary/aromatic N) is 1. The molecule has 1 aromatic rings. The summed E-state index contributed by atoms with van der Waals surface area (Å²) < 4.78 is 0. The lowest BCUT2D eigenvalue weighted by atomic mass is 10.1. The van der Waals surface area contributed by atoms with Gasteiger partial charge in [0.25, 0.3) is 0 Å². The van der Waals surface area contributed by atoms with E-state index in [-0.39, 0.29) is 16.4 Å². The number of halogens is 1. The molecule has 0 atom stereocenters. The highest BCUT2D eigenvalue weighted by Crippen LogP contribution is 2.23. The number of carboxylic acids is 1. The molecule has 0 fully saturated rings. The number of hydrogen-bond acceptors (Lipinski definition) is 3. The second kappa shape index (κ2) is 3.62. The van der Waals surface area contributed by atoms with Crippen LogP contribution in [0.4, 0.5) is 5.69 Å². The van der Waals surface area contributed by atoms with Gasteiger partial charge < -0.3 is 10.8 Å². The minimum absolute atomic E-state index is 0.0357. The molecule has 1 aromatic heterocycles. The molecule has 0 radical (unpaired) electrons. The maximum Gasteiger partial charge on any atom is 0.338 e. The molecule has 4 nitrogen and oxygen atoms in total. The van der Waals surface area contributed by atoms with Gasteiger partial charge in [0.1, 0.15) is 0 Å². The Morgan fingerprint density at radius 2 is 2.38 bits per heavy atom. The lowest BCUT2D eigenvalue weighted by Crippen LogP contribution is -2.08. The molecule has 3 N–H and O–H groups in total. The number of aromatic carboxylic acids is 1. The lowest BCUT2D eigenvalue weighted by Gasteiger charge is -2.06. The molecule has 0 aliphatic rings. The van der Waals surface area contributed by atoms with Crippen LogP contribution in [-0.4, -0.2) is 16.1 Å². The SMILES string of the molecule is CCc1cnc(Cl)c(N)c1C(=O)O. The molecule has 1 rings (SSSR count). The van der Waals surface area contributed by atoms with Gasteiger partial charge in [-0.15, -0.1) is 0 Å². The maximum absolute atomic E-state index is 10.8. The first-order valence-corrected chi connectivity index (χ1v) is 4.11. The van der Waals surface area contributed by atoms with Gasteiger partial charge in [0.2, 0.25) is 0 Å². The number of pyridine rings is 1. The summed E-state index contributed by atoms with van der Waals surface area (Å²) in [5.74, 6) is -1.07. The molecular formula is C8H9ClN2O2. The van der Waals surface area contributed by atoms with Crippen molar-refractivity contribution in [2.75, 3.05) is 5.73 Å². The van der Waals surface area contributed by atoms with Gasteiger partial charge in [-0.1, -0.05) is 18.5 Å². The molecule has 0 spiro atoms.